The Bertz CT molecular complexity index is 670. The van der Waals surface area contributed by atoms with Crippen molar-refractivity contribution in [2.45, 2.75) is 6.61 Å². The molecule has 7 heteroatoms. The Kier molecular flexibility index (Phi) is 9.54. The van der Waals surface area contributed by atoms with Crippen molar-refractivity contribution in [3.05, 3.63) is 59.9 Å². The second-order valence-corrected chi connectivity index (χ2v) is 5.16. The fourth-order valence-corrected chi connectivity index (χ4v) is 2.04. The van der Waals surface area contributed by atoms with Crippen molar-refractivity contribution in [3.8, 4) is 5.75 Å². The minimum absolute atomic E-state index is 0. The molecule has 0 aliphatic rings. The first kappa shape index (κ1) is 20.9. The molecule has 0 fully saturated rings. The summed E-state index contributed by atoms with van der Waals surface area (Å²) in [4.78, 5) is 11.8. The van der Waals surface area contributed by atoms with Gasteiger partial charge in [-0.15, -0.1) is 12.4 Å². The third kappa shape index (κ3) is 7.98. The van der Waals surface area contributed by atoms with Gasteiger partial charge in [-0.3, -0.25) is 4.79 Å². The molecule has 25 heavy (non-hydrogen) atoms. The van der Waals surface area contributed by atoms with E-state index in [-0.39, 0.29) is 30.7 Å². The number of methoxy groups -OCH3 is 1. The normalized spacial score (nSPS) is 10.0. The van der Waals surface area contributed by atoms with Gasteiger partial charge in [-0.25, -0.2) is 4.39 Å². The van der Waals surface area contributed by atoms with Gasteiger partial charge in [-0.2, -0.15) is 0 Å². The lowest BCUT2D eigenvalue weighted by Gasteiger charge is -2.10. The van der Waals surface area contributed by atoms with Gasteiger partial charge in [0, 0.05) is 25.4 Å². The highest BCUT2D eigenvalue weighted by Gasteiger charge is 2.03. The lowest BCUT2D eigenvalue weighted by Crippen LogP contribution is -2.30. The molecule has 2 aromatic carbocycles. The molecule has 2 rings (SSSR count). The van der Waals surface area contributed by atoms with Crippen LogP contribution in [0.4, 0.5) is 10.1 Å². The average molecular weight is 369 g/mol. The summed E-state index contributed by atoms with van der Waals surface area (Å²) in [5, 5.41) is 5.78. The van der Waals surface area contributed by atoms with Gasteiger partial charge in [0.1, 0.15) is 18.2 Å². The van der Waals surface area contributed by atoms with Gasteiger partial charge in [0.2, 0.25) is 5.91 Å². The topological polar surface area (TPSA) is 59.6 Å². The Balaban J connectivity index is 0.00000312. The first-order valence-corrected chi connectivity index (χ1v) is 7.64. The molecule has 1 amide bonds. The average Bonchev–Trinajstić information content (AvgIpc) is 2.57. The van der Waals surface area contributed by atoms with Crippen LogP contribution >= 0.6 is 12.4 Å². The number of anilines is 1. The van der Waals surface area contributed by atoms with E-state index in [9.17, 15) is 9.18 Å². The molecule has 0 aliphatic heterocycles. The first-order valence-electron chi connectivity index (χ1n) is 7.64. The quantitative estimate of drug-likeness (QED) is 0.668. The third-order valence-electron chi connectivity index (χ3n) is 3.18. The second-order valence-electron chi connectivity index (χ2n) is 5.16. The van der Waals surface area contributed by atoms with Crippen LogP contribution in [0.15, 0.2) is 48.5 Å². The number of rotatable bonds is 9. The zero-order chi connectivity index (χ0) is 17.2. The van der Waals surface area contributed by atoms with E-state index in [4.69, 9.17) is 9.47 Å². The van der Waals surface area contributed by atoms with Crippen LogP contribution < -0.4 is 15.4 Å². The van der Waals surface area contributed by atoms with Crippen LogP contribution in [0.3, 0.4) is 0 Å². The highest BCUT2D eigenvalue weighted by Crippen LogP contribution is 2.16. The standard InChI is InChI=1S/C18H21FN2O3.ClH/c1-23-9-8-20-12-18(22)21-16-6-2-4-14(10-16)13-24-17-7-3-5-15(19)11-17;/h2-7,10-11,20H,8-9,12-13H2,1H3,(H,21,22);1H. The lowest BCUT2D eigenvalue weighted by atomic mass is 10.2. The molecule has 5 nitrogen and oxygen atoms in total. The van der Waals surface area contributed by atoms with Crippen LogP contribution in [0.25, 0.3) is 0 Å². The number of hydrogen-bond donors (Lipinski definition) is 2. The molecule has 0 saturated heterocycles. The molecule has 0 saturated carbocycles. The number of amides is 1. The van der Waals surface area contributed by atoms with E-state index < -0.39 is 0 Å². The zero-order valence-electron chi connectivity index (χ0n) is 14.0. The molecule has 0 heterocycles. The summed E-state index contributed by atoms with van der Waals surface area (Å²) in [5.41, 5.74) is 1.57. The largest absolute Gasteiger partial charge is 0.489 e. The number of benzene rings is 2. The molecule has 0 radical (unpaired) electrons. The second kappa shape index (κ2) is 11.4. The predicted molar refractivity (Wildman–Crippen MR) is 97.8 cm³/mol. The van der Waals surface area contributed by atoms with E-state index in [2.05, 4.69) is 10.6 Å². The van der Waals surface area contributed by atoms with E-state index >= 15 is 0 Å². The summed E-state index contributed by atoms with van der Waals surface area (Å²) in [7, 11) is 1.61. The molecule has 0 spiro atoms. The van der Waals surface area contributed by atoms with Crippen molar-refractivity contribution in [2.24, 2.45) is 0 Å². The summed E-state index contributed by atoms with van der Waals surface area (Å²) in [5.74, 6) is -0.00410. The highest BCUT2D eigenvalue weighted by molar-refractivity contribution is 5.92. The molecule has 2 aromatic rings. The fraction of sp³-hybridized carbons (Fsp3) is 0.278. The molecule has 0 unspecified atom stereocenters. The van der Waals surface area contributed by atoms with Crippen LogP contribution in [-0.4, -0.2) is 32.7 Å². The van der Waals surface area contributed by atoms with Gasteiger partial charge >= 0.3 is 0 Å². The third-order valence-corrected chi connectivity index (χ3v) is 3.18. The monoisotopic (exact) mass is 368 g/mol. The van der Waals surface area contributed by atoms with Crippen LogP contribution in [0.2, 0.25) is 0 Å². The first-order chi connectivity index (χ1) is 11.7. The Morgan fingerprint density at radius 2 is 1.96 bits per heavy atom. The van der Waals surface area contributed by atoms with Gasteiger partial charge < -0.3 is 20.1 Å². The summed E-state index contributed by atoms with van der Waals surface area (Å²) in [6, 6.07) is 13.3. The van der Waals surface area contributed by atoms with Crippen LogP contribution in [0.5, 0.6) is 5.75 Å². The summed E-state index contributed by atoms with van der Waals surface area (Å²) >= 11 is 0. The number of carbonyl (C=O) groups excluding carboxylic acids is 1. The van der Waals surface area contributed by atoms with Gasteiger partial charge in [0.25, 0.3) is 0 Å². The SMILES string of the molecule is COCCNCC(=O)Nc1cccc(COc2cccc(F)c2)c1.Cl. The zero-order valence-corrected chi connectivity index (χ0v) is 14.8. The van der Waals surface area contributed by atoms with Crippen molar-refractivity contribution < 1.29 is 18.7 Å². The van der Waals surface area contributed by atoms with Crippen LogP contribution in [0.1, 0.15) is 5.56 Å². The Morgan fingerprint density at radius 3 is 2.72 bits per heavy atom. The number of nitrogens with one attached hydrogen (secondary N) is 2. The van der Waals surface area contributed by atoms with Crippen molar-refractivity contribution in [2.75, 3.05) is 32.1 Å². The summed E-state index contributed by atoms with van der Waals surface area (Å²) in [6.07, 6.45) is 0. The maximum atomic E-state index is 13.1. The Morgan fingerprint density at radius 1 is 1.16 bits per heavy atom. The maximum absolute atomic E-state index is 13.1. The Hall–Kier alpha value is -2.15. The van der Waals surface area contributed by atoms with Gasteiger partial charge in [0.05, 0.1) is 13.2 Å². The van der Waals surface area contributed by atoms with Crippen molar-refractivity contribution in [1.82, 2.24) is 5.32 Å². The van der Waals surface area contributed by atoms with Crippen LogP contribution in [-0.2, 0) is 16.1 Å². The number of ether oxygens (including phenoxy) is 2. The highest BCUT2D eigenvalue weighted by atomic mass is 35.5. The molecule has 0 aromatic heterocycles. The van der Waals surface area contributed by atoms with E-state index in [1.165, 1.54) is 12.1 Å². The van der Waals surface area contributed by atoms with E-state index in [0.29, 0.717) is 31.2 Å². The van der Waals surface area contributed by atoms with Crippen molar-refractivity contribution in [3.63, 3.8) is 0 Å². The molecular formula is C18H22ClFN2O3. The summed E-state index contributed by atoms with van der Waals surface area (Å²) in [6.45, 7) is 1.68. The van der Waals surface area contributed by atoms with Crippen molar-refractivity contribution in [1.29, 1.82) is 0 Å². The fourth-order valence-electron chi connectivity index (χ4n) is 2.04. The molecule has 0 aliphatic carbocycles. The number of carbonyl (C=O) groups is 1. The molecule has 0 atom stereocenters. The van der Waals surface area contributed by atoms with Gasteiger partial charge in [-0.1, -0.05) is 18.2 Å². The van der Waals surface area contributed by atoms with Crippen molar-refractivity contribution >= 4 is 24.0 Å². The van der Waals surface area contributed by atoms with Gasteiger partial charge in [-0.05, 0) is 29.8 Å². The molecule has 136 valence electrons. The maximum Gasteiger partial charge on any atom is 0.238 e. The molecule has 0 bridgehead atoms. The van der Waals surface area contributed by atoms with E-state index in [1.807, 2.05) is 18.2 Å². The Labute approximate surface area is 152 Å². The van der Waals surface area contributed by atoms with E-state index in [0.717, 1.165) is 5.56 Å². The lowest BCUT2D eigenvalue weighted by molar-refractivity contribution is -0.115. The summed E-state index contributed by atoms with van der Waals surface area (Å²) < 4.78 is 23.6. The van der Waals surface area contributed by atoms with E-state index in [1.54, 1.807) is 25.3 Å². The number of halogens is 2. The predicted octanol–water partition coefficient (Wildman–Crippen LogP) is 3.00. The molecule has 2 N–H and O–H groups in total. The minimum atomic E-state index is -0.338. The number of hydrogen-bond acceptors (Lipinski definition) is 4. The van der Waals surface area contributed by atoms with Gasteiger partial charge in [0.15, 0.2) is 0 Å². The minimum Gasteiger partial charge on any atom is -0.489 e. The molecular weight excluding hydrogens is 347 g/mol. The van der Waals surface area contributed by atoms with Crippen LogP contribution in [0, 0.1) is 5.82 Å². The smallest absolute Gasteiger partial charge is 0.238 e.